The first kappa shape index (κ1) is 25.9. The first-order chi connectivity index (χ1) is 14.9. The van der Waals surface area contributed by atoms with Crippen LogP contribution in [-0.4, -0.2) is 72.8 Å². The van der Waals surface area contributed by atoms with E-state index in [-0.39, 0.29) is 23.2 Å². The Hall–Kier alpha value is -2.33. The van der Waals surface area contributed by atoms with Crippen molar-refractivity contribution < 1.29 is 35.1 Å². The number of morpholine rings is 1. The van der Waals surface area contributed by atoms with Gasteiger partial charge in [-0.15, -0.1) is 0 Å². The Kier molecular flexibility index (Phi) is 9.77. The second kappa shape index (κ2) is 12.1. The number of carbonyl (C=O) groups is 1. The topological polar surface area (TPSA) is 88.2 Å². The van der Waals surface area contributed by atoms with Gasteiger partial charge in [0.1, 0.15) is 5.75 Å². The average molecular weight is 483 g/mol. The molecule has 176 valence electrons. The molecule has 0 unspecified atom stereocenters. The molecular formula is C22H29ClN3O5S-. The zero-order chi connectivity index (χ0) is 22.3. The molecule has 0 aromatic heterocycles. The highest BCUT2D eigenvalue weighted by Gasteiger charge is 2.24. The summed E-state index contributed by atoms with van der Waals surface area (Å²) < 4.78 is 37.8. The molecule has 0 atom stereocenters. The molecule has 1 saturated heterocycles. The standard InChI is InChI=1S/C22H29N3O5S.ClH/c1-24(20-6-3-4-7-21(20)29-2)31(27,28)19-10-8-18(9-11-19)22(26)23-12-5-13-25-14-16-30-17-15-25;/h3-4,6-11H,5,12-17H2,1-2H3,(H,23,26);1H/p-1. The normalized spacial score (nSPS) is 14.3. The lowest BCUT2D eigenvalue weighted by molar-refractivity contribution is -0.0000184. The number of sulfonamides is 1. The monoisotopic (exact) mass is 482 g/mol. The predicted octanol–water partition coefficient (Wildman–Crippen LogP) is -1.02. The lowest BCUT2D eigenvalue weighted by Gasteiger charge is -2.26. The summed E-state index contributed by atoms with van der Waals surface area (Å²) in [4.78, 5) is 14.8. The zero-order valence-electron chi connectivity index (χ0n) is 18.3. The molecule has 0 aliphatic carbocycles. The molecule has 1 heterocycles. The molecule has 2 aromatic carbocycles. The van der Waals surface area contributed by atoms with Crippen LogP contribution in [0.5, 0.6) is 5.75 Å². The average Bonchev–Trinajstić information content (AvgIpc) is 2.82. The smallest absolute Gasteiger partial charge is 0.264 e. The number of amides is 1. The second-order valence-electron chi connectivity index (χ2n) is 7.23. The van der Waals surface area contributed by atoms with Crippen LogP contribution in [0.4, 0.5) is 5.69 Å². The summed E-state index contributed by atoms with van der Waals surface area (Å²) in [6.45, 7) is 4.84. The van der Waals surface area contributed by atoms with Gasteiger partial charge >= 0.3 is 0 Å². The summed E-state index contributed by atoms with van der Waals surface area (Å²) in [5.41, 5.74) is 0.859. The third-order valence-corrected chi connectivity index (χ3v) is 7.03. The van der Waals surface area contributed by atoms with Crippen molar-refractivity contribution in [1.82, 2.24) is 10.2 Å². The van der Waals surface area contributed by atoms with Gasteiger partial charge in [-0.05, 0) is 49.4 Å². The quantitative estimate of drug-likeness (QED) is 0.460. The van der Waals surface area contributed by atoms with Gasteiger partial charge in [0.05, 0.1) is 30.9 Å². The summed E-state index contributed by atoms with van der Waals surface area (Å²) in [5, 5.41) is 2.89. The van der Waals surface area contributed by atoms with Crippen LogP contribution in [0, 0.1) is 0 Å². The highest BCUT2D eigenvalue weighted by atomic mass is 35.5. The molecular weight excluding hydrogens is 454 g/mol. The van der Waals surface area contributed by atoms with E-state index in [2.05, 4.69) is 10.2 Å². The fraction of sp³-hybridized carbons (Fsp3) is 0.409. The molecule has 8 nitrogen and oxygen atoms in total. The van der Waals surface area contributed by atoms with Crippen LogP contribution in [0.25, 0.3) is 0 Å². The van der Waals surface area contributed by atoms with Crippen molar-refractivity contribution in [1.29, 1.82) is 0 Å². The van der Waals surface area contributed by atoms with Crippen LogP contribution in [0.2, 0.25) is 0 Å². The Balaban J connectivity index is 0.00000363. The number of benzene rings is 2. The van der Waals surface area contributed by atoms with Crippen molar-refractivity contribution in [3.63, 3.8) is 0 Å². The maximum atomic E-state index is 13.0. The Labute approximate surface area is 196 Å². The number of ether oxygens (including phenoxy) is 2. The van der Waals surface area contributed by atoms with Gasteiger partial charge in [-0.2, -0.15) is 0 Å². The highest BCUT2D eigenvalue weighted by Crippen LogP contribution is 2.30. The van der Waals surface area contributed by atoms with Crippen molar-refractivity contribution >= 4 is 21.6 Å². The lowest BCUT2D eigenvalue weighted by Crippen LogP contribution is -3.00. The van der Waals surface area contributed by atoms with Crippen LogP contribution < -0.4 is 26.8 Å². The van der Waals surface area contributed by atoms with Crippen molar-refractivity contribution in [2.45, 2.75) is 11.3 Å². The van der Waals surface area contributed by atoms with Gasteiger partial charge in [0.2, 0.25) is 0 Å². The van der Waals surface area contributed by atoms with E-state index in [0.717, 1.165) is 39.3 Å². The molecule has 0 radical (unpaired) electrons. The molecule has 1 aliphatic heterocycles. The molecule has 1 aliphatic rings. The van der Waals surface area contributed by atoms with Crippen LogP contribution >= 0.6 is 0 Å². The van der Waals surface area contributed by atoms with Crippen molar-refractivity contribution in [3.05, 3.63) is 54.1 Å². The minimum atomic E-state index is -3.79. The first-order valence-electron chi connectivity index (χ1n) is 10.2. The largest absolute Gasteiger partial charge is 1.00 e. The Morgan fingerprint density at radius 1 is 1.12 bits per heavy atom. The van der Waals surface area contributed by atoms with Crippen LogP contribution in [0.1, 0.15) is 16.8 Å². The van der Waals surface area contributed by atoms with E-state index < -0.39 is 10.0 Å². The van der Waals surface area contributed by atoms with E-state index in [1.807, 2.05) is 0 Å². The second-order valence-corrected chi connectivity index (χ2v) is 9.20. The van der Waals surface area contributed by atoms with Crippen molar-refractivity contribution in [2.24, 2.45) is 0 Å². The van der Waals surface area contributed by atoms with Gasteiger partial charge < -0.3 is 27.2 Å². The maximum absolute atomic E-state index is 13.0. The Bertz CT molecular complexity index is 979. The number of hydrogen-bond acceptors (Lipinski definition) is 6. The number of methoxy groups -OCH3 is 1. The SMILES string of the molecule is COc1ccccc1N(C)S(=O)(=O)c1ccc(C(=O)NCCCN2CCOCC2)cc1.[Cl-]. The van der Waals surface area contributed by atoms with Crippen LogP contribution in [0.15, 0.2) is 53.4 Å². The summed E-state index contributed by atoms with van der Waals surface area (Å²) in [5.74, 6) is 0.241. The number of para-hydroxylation sites is 2. The van der Waals surface area contributed by atoms with Crippen molar-refractivity contribution in [3.8, 4) is 5.75 Å². The molecule has 10 heteroatoms. The minimum absolute atomic E-state index is 0. The fourth-order valence-electron chi connectivity index (χ4n) is 3.39. The molecule has 32 heavy (non-hydrogen) atoms. The number of rotatable bonds is 9. The minimum Gasteiger partial charge on any atom is -1.00 e. The predicted molar refractivity (Wildman–Crippen MR) is 119 cm³/mol. The van der Waals surface area contributed by atoms with E-state index in [0.29, 0.717) is 23.5 Å². The molecule has 1 fully saturated rings. The maximum Gasteiger partial charge on any atom is 0.264 e. The fourth-order valence-corrected chi connectivity index (χ4v) is 4.59. The number of hydrogen-bond donors (Lipinski definition) is 1. The van der Waals surface area contributed by atoms with Crippen molar-refractivity contribution in [2.75, 3.05) is 57.9 Å². The molecule has 0 bridgehead atoms. The van der Waals surface area contributed by atoms with E-state index in [9.17, 15) is 13.2 Å². The van der Waals surface area contributed by atoms with Gasteiger partial charge in [-0.1, -0.05) is 12.1 Å². The van der Waals surface area contributed by atoms with Crippen LogP contribution in [0.3, 0.4) is 0 Å². The van der Waals surface area contributed by atoms with Gasteiger partial charge in [-0.3, -0.25) is 14.0 Å². The van der Waals surface area contributed by atoms with E-state index >= 15 is 0 Å². The van der Waals surface area contributed by atoms with E-state index in [1.54, 1.807) is 24.3 Å². The lowest BCUT2D eigenvalue weighted by atomic mass is 10.2. The Morgan fingerprint density at radius 2 is 1.78 bits per heavy atom. The molecule has 1 N–H and O–H groups in total. The van der Waals surface area contributed by atoms with Crippen LogP contribution in [-0.2, 0) is 14.8 Å². The summed E-state index contributed by atoms with van der Waals surface area (Å²) in [7, 11) is -0.826. The molecule has 3 rings (SSSR count). The Morgan fingerprint density at radius 3 is 2.44 bits per heavy atom. The van der Waals surface area contributed by atoms with Gasteiger partial charge in [0.25, 0.3) is 15.9 Å². The van der Waals surface area contributed by atoms with E-state index in [4.69, 9.17) is 9.47 Å². The summed E-state index contributed by atoms with van der Waals surface area (Å²) >= 11 is 0. The van der Waals surface area contributed by atoms with Gasteiger partial charge in [0.15, 0.2) is 0 Å². The molecule has 1 amide bonds. The third-order valence-electron chi connectivity index (χ3n) is 5.24. The first-order valence-corrected chi connectivity index (χ1v) is 11.7. The molecule has 2 aromatic rings. The number of carbonyl (C=O) groups excluding carboxylic acids is 1. The number of nitrogens with one attached hydrogen (secondary N) is 1. The van der Waals surface area contributed by atoms with Gasteiger partial charge in [-0.25, -0.2) is 8.42 Å². The summed E-state index contributed by atoms with van der Waals surface area (Å²) in [6.07, 6.45) is 0.849. The van der Waals surface area contributed by atoms with E-state index in [1.165, 1.54) is 42.7 Å². The third kappa shape index (κ3) is 6.35. The van der Waals surface area contributed by atoms with Gasteiger partial charge in [0, 0.05) is 32.2 Å². The molecule has 0 spiro atoms. The number of anilines is 1. The highest BCUT2D eigenvalue weighted by molar-refractivity contribution is 7.92. The number of halogens is 1. The zero-order valence-corrected chi connectivity index (χ0v) is 19.9. The molecule has 0 saturated carbocycles. The number of nitrogens with zero attached hydrogens (tertiary/aromatic N) is 2. The summed E-state index contributed by atoms with van der Waals surface area (Å²) in [6, 6.07) is 12.9.